The standard InChI is InChI=1S/C22H30N4O2S/c1-23-22(24-12-17-29(27)18-19-6-4-3-5-7-19)26-15-13-25(14-16-26)20-8-10-21(28-2)11-9-20/h3-11H,12-18H2,1-2H3,(H,23,24). The van der Waals surface area contributed by atoms with Crippen LogP contribution in [0.15, 0.2) is 59.6 Å². The summed E-state index contributed by atoms with van der Waals surface area (Å²) in [6.07, 6.45) is 0. The highest BCUT2D eigenvalue weighted by atomic mass is 32.2. The number of ether oxygens (including phenoxy) is 1. The van der Waals surface area contributed by atoms with E-state index in [1.54, 1.807) is 14.2 Å². The Labute approximate surface area is 176 Å². The van der Waals surface area contributed by atoms with Crippen LogP contribution in [0.25, 0.3) is 0 Å². The highest BCUT2D eigenvalue weighted by Crippen LogP contribution is 2.20. The molecular weight excluding hydrogens is 384 g/mol. The average Bonchev–Trinajstić information content (AvgIpc) is 2.78. The topological polar surface area (TPSA) is 57.2 Å². The van der Waals surface area contributed by atoms with Gasteiger partial charge in [0.1, 0.15) is 5.75 Å². The fourth-order valence-electron chi connectivity index (χ4n) is 3.41. The van der Waals surface area contributed by atoms with Gasteiger partial charge in [-0.25, -0.2) is 0 Å². The second kappa shape index (κ2) is 10.9. The second-order valence-electron chi connectivity index (χ2n) is 6.92. The Morgan fingerprint density at radius 2 is 1.76 bits per heavy atom. The van der Waals surface area contributed by atoms with Crippen LogP contribution in [0.1, 0.15) is 5.56 Å². The van der Waals surface area contributed by atoms with E-state index in [0.29, 0.717) is 18.1 Å². The van der Waals surface area contributed by atoms with Gasteiger partial charge in [0.05, 0.1) is 7.11 Å². The van der Waals surface area contributed by atoms with Crippen molar-refractivity contribution in [1.29, 1.82) is 0 Å². The lowest BCUT2D eigenvalue weighted by molar-refractivity contribution is 0.373. The van der Waals surface area contributed by atoms with E-state index in [-0.39, 0.29) is 0 Å². The van der Waals surface area contributed by atoms with Crippen LogP contribution in [-0.4, -0.2) is 67.7 Å². The van der Waals surface area contributed by atoms with Gasteiger partial charge in [-0.3, -0.25) is 9.20 Å². The van der Waals surface area contributed by atoms with Crippen molar-refractivity contribution < 1.29 is 8.95 Å². The van der Waals surface area contributed by atoms with Crippen molar-refractivity contribution in [1.82, 2.24) is 10.2 Å². The number of piperazine rings is 1. The minimum Gasteiger partial charge on any atom is -0.497 e. The first-order chi connectivity index (χ1) is 14.2. The molecular formula is C22H30N4O2S. The summed E-state index contributed by atoms with van der Waals surface area (Å²) < 4.78 is 17.5. The molecule has 0 radical (unpaired) electrons. The molecule has 1 unspecified atom stereocenters. The summed E-state index contributed by atoms with van der Waals surface area (Å²) in [5.74, 6) is 2.97. The summed E-state index contributed by atoms with van der Waals surface area (Å²) in [6, 6.07) is 18.2. The first-order valence-corrected chi connectivity index (χ1v) is 11.4. The largest absolute Gasteiger partial charge is 0.497 e. The van der Waals surface area contributed by atoms with Crippen LogP contribution in [0.4, 0.5) is 5.69 Å². The molecule has 29 heavy (non-hydrogen) atoms. The van der Waals surface area contributed by atoms with Crippen molar-refractivity contribution in [2.75, 3.05) is 57.5 Å². The number of hydrogen-bond acceptors (Lipinski definition) is 4. The fourth-order valence-corrected chi connectivity index (χ4v) is 4.45. The molecule has 1 atom stereocenters. The molecule has 1 N–H and O–H groups in total. The number of nitrogens with zero attached hydrogens (tertiary/aromatic N) is 3. The normalized spacial score (nSPS) is 15.9. The van der Waals surface area contributed by atoms with Gasteiger partial charge in [-0.1, -0.05) is 30.3 Å². The Bertz CT molecular complexity index is 803. The van der Waals surface area contributed by atoms with Gasteiger partial charge in [0, 0.05) is 67.8 Å². The number of aliphatic imine (C=N–C) groups is 1. The average molecular weight is 415 g/mol. The van der Waals surface area contributed by atoms with E-state index in [1.165, 1.54) is 5.69 Å². The monoisotopic (exact) mass is 414 g/mol. The smallest absolute Gasteiger partial charge is 0.193 e. The van der Waals surface area contributed by atoms with E-state index in [4.69, 9.17) is 4.74 Å². The van der Waals surface area contributed by atoms with Crippen LogP contribution in [0.3, 0.4) is 0 Å². The summed E-state index contributed by atoms with van der Waals surface area (Å²) in [5.41, 5.74) is 2.33. The molecule has 1 aliphatic rings. The molecule has 0 bridgehead atoms. The highest BCUT2D eigenvalue weighted by Gasteiger charge is 2.19. The molecule has 156 valence electrons. The Kier molecular flexibility index (Phi) is 7.93. The van der Waals surface area contributed by atoms with Crippen LogP contribution >= 0.6 is 0 Å². The second-order valence-corrected chi connectivity index (χ2v) is 8.50. The maximum atomic E-state index is 12.3. The number of benzene rings is 2. The number of guanidine groups is 1. The molecule has 0 spiro atoms. The molecule has 0 amide bonds. The molecule has 1 heterocycles. The third kappa shape index (κ3) is 6.22. The molecule has 6 nitrogen and oxygen atoms in total. The van der Waals surface area contributed by atoms with Gasteiger partial charge < -0.3 is 19.9 Å². The summed E-state index contributed by atoms with van der Waals surface area (Å²) in [6.45, 7) is 4.34. The fraction of sp³-hybridized carbons (Fsp3) is 0.409. The minimum absolute atomic E-state index is 0.599. The molecule has 1 aliphatic heterocycles. The van der Waals surface area contributed by atoms with Crippen molar-refractivity contribution in [2.24, 2.45) is 4.99 Å². The summed E-state index contributed by atoms with van der Waals surface area (Å²) in [7, 11) is 2.61. The summed E-state index contributed by atoms with van der Waals surface area (Å²) in [4.78, 5) is 9.05. The first-order valence-electron chi connectivity index (χ1n) is 9.93. The lowest BCUT2D eigenvalue weighted by Gasteiger charge is -2.37. The Morgan fingerprint density at radius 1 is 1.07 bits per heavy atom. The van der Waals surface area contributed by atoms with Crippen molar-refractivity contribution in [3.8, 4) is 5.75 Å². The Balaban J connectivity index is 1.42. The molecule has 2 aromatic carbocycles. The number of nitrogens with one attached hydrogen (secondary N) is 1. The minimum atomic E-state index is -0.882. The quantitative estimate of drug-likeness (QED) is 0.557. The van der Waals surface area contributed by atoms with E-state index in [1.807, 2.05) is 42.5 Å². The summed E-state index contributed by atoms with van der Waals surface area (Å²) >= 11 is 0. The van der Waals surface area contributed by atoms with E-state index >= 15 is 0 Å². The van der Waals surface area contributed by atoms with Gasteiger partial charge in [0.2, 0.25) is 0 Å². The predicted octanol–water partition coefficient (Wildman–Crippen LogP) is 2.34. The zero-order valence-electron chi connectivity index (χ0n) is 17.2. The van der Waals surface area contributed by atoms with Gasteiger partial charge in [-0.05, 0) is 29.8 Å². The zero-order valence-corrected chi connectivity index (χ0v) is 18.0. The van der Waals surface area contributed by atoms with Crippen LogP contribution in [0, 0.1) is 0 Å². The van der Waals surface area contributed by atoms with Gasteiger partial charge in [-0.2, -0.15) is 0 Å². The number of anilines is 1. The molecule has 7 heteroatoms. The molecule has 0 saturated carbocycles. The van der Waals surface area contributed by atoms with Gasteiger partial charge in [0.25, 0.3) is 0 Å². The van der Waals surface area contributed by atoms with Crippen LogP contribution < -0.4 is 15.0 Å². The zero-order chi connectivity index (χ0) is 20.5. The molecule has 1 saturated heterocycles. The molecule has 1 fully saturated rings. The third-order valence-electron chi connectivity index (χ3n) is 5.01. The van der Waals surface area contributed by atoms with Gasteiger partial charge in [0.15, 0.2) is 5.96 Å². The number of rotatable bonds is 7. The lowest BCUT2D eigenvalue weighted by Crippen LogP contribution is -2.53. The van der Waals surface area contributed by atoms with Crippen molar-refractivity contribution >= 4 is 22.4 Å². The van der Waals surface area contributed by atoms with Crippen LogP contribution in [-0.2, 0) is 16.6 Å². The Morgan fingerprint density at radius 3 is 2.38 bits per heavy atom. The van der Waals surface area contributed by atoms with E-state index in [9.17, 15) is 4.21 Å². The third-order valence-corrected chi connectivity index (χ3v) is 6.33. The van der Waals surface area contributed by atoms with E-state index < -0.39 is 10.8 Å². The molecule has 0 aromatic heterocycles. The first kappa shape index (κ1) is 21.2. The lowest BCUT2D eigenvalue weighted by atomic mass is 10.2. The molecule has 0 aliphatic carbocycles. The van der Waals surface area contributed by atoms with Crippen molar-refractivity contribution in [3.63, 3.8) is 0 Å². The Hall–Kier alpha value is -2.54. The molecule has 3 rings (SSSR count). The SMILES string of the molecule is CN=C(NCCS(=O)Cc1ccccc1)N1CCN(c2ccc(OC)cc2)CC1. The van der Waals surface area contributed by atoms with Crippen molar-refractivity contribution in [2.45, 2.75) is 5.75 Å². The number of methoxy groups -OCH3 is 1. The molecule has 2 aromatic rings. The number of hydrogen-bond donors (Lipinski definition) is 1. The van der Waals surface area contributed by atoms with E-state index in [2.05, 4.69) is 32.2 Å². The van der Waals surface area contributed by atoms with E-state index in [0.717, 1.165) is 43.5 Å². The predicted molar refractivity (Wildman–Crippen MR) is 121 cm³/mol. The van der Waals surface area contributed by atoms with Gasteiger partial charge in [-0.15, -0.1) is 0 Å². The van der Waals surface area contributed by atoms with Crippen LogP contribution in [0.2, 0.25) is 0 Å². The van der Waals surface area contributed by atoms with Crippen LogP contribution in [0.5, 0.6) is 5.75 Å². The highest BCUT2D eigenvalue weighted by molar-refractivity contribution is 7.84. The van der Waals surface area contributed by atoms with Gasteiger partial charge >= 0.3 is 0 Å². The maximum Gasteiger partial charge on any atom is 0.193 e. The summed E-state index contributed by atoms with van der Waals surface area (Å²) in [5, 5.41) is 3.37. The van der Waals surface area contributed by atoms with Crippen molar-refractivity contribution in [3.05, 3.63) is 60.2 Å². The maximum absolute atomic E-state index is 12.3.